The van der Waals surface area contributed by atoms with Crippen LogP contribution in [0, 0.1) is 12.7 Å². The summed E-state index contributed by atoms with van der Waals surface area (Å²) in [5.74, 6) is 0.669. The molecule has 0 aliphatic carbocycles. The third-order valence-corrected chi connectivity index (χ3v) is 3.16. The Labute approximate surface area is 111 Å². The normalized spacial score (nSPS) is 10.7. The van der Waals surface area contributed by atoms with Gasteiger partial charge < -0.3 is 0 Å². The average Bonchev–Trinajstić information content (AvgIpc) is 2.40. The minimum absolute atomic E-state index is 0.279. The van der Waals surface area contributed by atoms with Crippen LogP contribution in [0.1, 0.15) is 23.7 Å². The van der Waals surface area contributed by atoms with Gasteiger partial charge in [0.15, 0.2) is 5.82 Å². The van der Waals surface area contributed by atoms with E-state index in [1.807, 2.05) is 13.8 Å². The lowest BCUT2D eigenvalue weighted by Gasteiger charge is -2.08. The summed E-state index contributed by atoms with van der Waals surface area (Å²) in [5, 5.41) is 0. The van der Waals surface area contributed by atoms with Gasteiger partial charge in [-0.15, -0.1) is 11.6 Å². The minimum Gasteiger partial charge on any atom is -0.236 e. The molecule has 1 heterocycles. The molecular weight excluding hydrogens is 251 g/mol. The van der Waals surface area contributed by atoms with Crippen molar-refractivity contribution in [3.8, 4) is 11.4 Å². The lowest BCUT2D eigenvalue weighted by Crippen LogP contribution is -2.00. The van der Waals surface area contributed by atoms with Crippen molar-refractivity contribution in [2.45, 2.75) is 26.1 Å². The van der Waals surface area contributed by atoms with Crippen LogP contribution >= 0.6 is 11.6 Å². The first-order valence-electron chi connectivity index (χ1n) is 5.83. The third-order valence-electron chi connectivity index (χ3n) is 2.87. The molecule has 0 N–H and O–H groups in total. The first kappa shape index (κ1) is 13.0. The van der Waals surface area contributed by atoms with Crippen LogP contribution < -0.4 is 0 Å². The van der Waals surface area contributed by atoms with Crippen molar-refractivity contribution in [1.82, 2.24) is 9.97 Å². The summed E-state index contributed by atoms with van der Waals surface area (Å²) >= 11 is 5.83. The van der Waals surface area contributed by atoms with E-state index in [0.717, 1.165) is 28.8 Å². The first-order chi connectivity index (χ1) is 8.65. The first-order valence-corrected chi connectivity index (χ1v) is 6.36. The zero-order valence-corrected chi connectivity index (χ0v) is 11.1. The molecule has 0 radical (unpaired) electrons. The van der Waals surface area contributed by atoms with Gasteiger partial charge in [-0.3, -0.25) is 0 Å². The van der Waals surface area contributed by atoms with E-state index in [2.05, 4.69) is 9.97 Å². The number of alkyl halides is 1. The lowest BCUT2D eigenvalue weighted by molar-refractivity contribution is 0.627. The number of rotatable bonds is 3. The molecule has 0 atom stereocenters. The Kier molecular flexibility index (Phi) is 3.92. The molecule has 0 saturated carbocycles. The molecule has 94 valence electrons. The highest BCUT2D eigenvalue weighted by Crippen LogP contribution is 2.22. The minimum atomic E-state index is -0.279. The van der Waals surface area contributed by atoms with Crippen LogP contribution in [0.25, 0.3) is 11.4 Å². The Morgan fingerprint density at radius 3 is 2.78 bits per heavy atom. The Balaban J connectivity index is 2.54. The average molecular weight is 265 g/mol. The molecular formula is C14H14ClFN2. The SMILES string of the molecule is CCc1nc(-c2cc(F)ccc2C)ncc1CCl. The van der Waals surface area contributed by atoms with E-state index < -0.39 is 0 Å². The molecule has 0 saturated heterocycles. The van der Waals surface area contributed by atoms with E-state index in [9.17, 15) is 4.39 Å². The smallest absolute Gasteiger partial charge is 0.159 e. The van der Waals surface area contributed by atoms with E-state index in [1.165, 1.54) is 12.1 Å². The van der Waals surface area contributed by atoms with Gasteiger partial charge >= 0.3 is 0 Å². The predicted octanol–water partition coefficient (Wildman–Crippen LogP) is 3.89. The van der Waals surface area contributed by atoms with Crippen LogP contribution in [0.15, 0.2) is 24.4 Å². The Hall–Kier alpha value is -1.48. The summed E-state index contributed by atoms with van der Waals surface area (Å²) in [7, 11) is 0. The van der Waals surface area contributed by atoms with Crippen molar-refractivity contribution in [2.75, 3.05) is 0 Å². The molecule has 0 aliphatic heterocycles. The molecule has 0 spiro atoms. The molecule has 4 heteroatoms. The summed E-state index contributed by atoms with van der Waals surface area (Å²) in [4.78, 5) is 8.74. The molecule has 1 aromatic carbocycles. The maximum Gasteiger partial charge on any atom is 0.159 e. The molecule has 0 aliphatic rings. The van der Waals surface area contributed by atoms with Crippen LogP contribution in [0.5, 0.6) is 0 Å². The largest absolute Gasteiger partial charge is 0.236 e. The van der Waals surface area contributed by atoms with Gasteiger partial charge in [-0.25, -0.2) is 14.4 Å². The molecule has 2 aromatic rings. The number of aromatic nitrogens is 2. The fourth-order valence-electron chi connectivity index (χ4n) is 1.82. The number of halogens is 2. The number of nitrogens with zero attached hydrogens (tertiary/aromatic N) is 2. The second kappa shape index (κ2) is 5.44. The monoisotopic (exact) mass is 264 g/mol. The van der Waals surface area contributed by atoms with Crippen molar-refractivity contribution in [3.05, 3.63) is 47.0 Å². The number of aryl methyl sites for hydroxylation is 2. The zero-order chi connectivity index (χ0) is 13.1. The van der Waals surface area contributed by atoms with Gasteiger partial charge in [-0.1, -0.05) is 13.0 Å². The number of hydrogen-bond acceptors (Lipinski definition) is 2. The maximum absolute atomic E-state index is 13.3. The zero-order valence-electron chi connectivity index (χ0n) is 10.4. The Morgan fingerprint density at radius 2 is 2.11 bits per heavy atom. The summed E-state index contributed by atoms with van der Waals surface area (Å²) in [6.07, 6.45) is 2.50. The predicted molar refractivity (Wildman–Crippen MR) is 71.1 cm³/mol. The summed E-state index contributed by atoms with van der Waals surface area (Å²) < 4.78 is 13.3. The van der Waals surface area contributed by atoms with Crippen LogP contribution in [0.3, 0.4) is 0 Å². The van der Waals surface area contributed by atoms with Gasteiger partial charge in [0.1, 0.15) is 5.82 Å². The third kappa shape index (κ3) is 2.51. The molecule has 18 heavy (non-hydrogen) atoms. The molecule has 0 amide bonds. The molecule has 2 rings (SSSR count). The van der Waals surface area contributed by atoms with Crippen LogP contribution in [0.4, 0.5) is 4.39 Å². The van der Waals surface area contributed by atoms with E-state index in [4.69, 9.17) is 11.6 Å². The standard InChI is InChI=1S/C14H14ClFN2/c1-3-13-10(7-15)8-17-14(18-13)12-6-11(16)5-4-9(12)2/h4-6,8H,3,7H2,1-2H3. The summed E-state index contributed by atoms with van der Waals surface area (Å²) in [6.45, 7) is 3.93. The Bertz CT molecular complexity index is 570. The molecule has 1 aromatic heterocycles. The van der Waals surface area contributed by atoms with Gasteiger partial charge in [0, 0.05) is 23.0 Å². The lowest BCUT2D eigenvalue weighted by atomic mass is 10.1. The highest BCUT2D eigenvalue weighted by Gasteiger charge is 2.09. The van der Waals surface area contributed by atoms with E-state index in [0.29, 0.717) is 11.7 Å². The van der Waals surface area contributed by atoms with Crippen molar-refractivity contribution >= 4 is 11.6 Å². The van der Waals surface area contributed by atoms with Gasteiger partial charge in [0.05, 0.1) is 5.88 Å². The molecule has 0 bridgehead atoms. The maximum atomic E-state index is 13.3. The molecule has 2 nitrogen and oxygen atoms in total. The van der Waals surface area contributed by atoms with Crippen LogP contribution in [0.2, 0.25) is 0 Å². The topological polar surface area (TPSA) is 25.8 Å². The summed E-state index contributed by atoms with van der Waals surface area (Å²) in [5.41, 5.74) is 3.53. The van der Waals surface area contributed by atoms with Crippen molar-refractivity contribution in [3.63, 3.8) is 0 Å². The van der Waals surface area contributed by atoms with Gasteiger partial charge in [0.25, 0.3) is 0 Å². The van der Waals surface area contributed by atoms with Gasteiger partial charge in [-0.2, -0.15) is 0 Å². The fraction of sp³-hybridized carbons (Fsp3) is 0.286. The second-order valence-electron chi connectivity index (χ2n) is 4.11. The van der Waals surface area contributed by atoms with E-state index in [1.54, 1.807) is 12.3 Å². The van der Waals surface area contributed by atoms with E-state index >= 15 is 0 Å². The summed E-state index contributed by atoms with van der Waals surface area (Å²) in [6, 6.07) is 4.63. The fourth-order valence-corrected chi connectivity index (χ4v) is 2.05. The quantitative estimate of drug-likeness (QED) is 0.786. The van der Waals surface area contributed by atoms with Gasteiger partial charge in [0.2, 0.25) is 0 Å². The van der Waals surface area contributed by atoms with Crippen molar-refractivity contribution in [2.24, 2.45) is 0 Å². The molecule has 0 fully saturated rings. The van der Waals surface area contributed by atoms with Crippen LogP contribution in [-0.4, -0.2) is 9.97 Å². The number of benzene rings is 1. The molecule has 0 unspecified atom stereocenters. The van der Waals surface area contributed by atoms with Crippen molar-refractivity contribution < 1.29 is 4.39 Å². The highest BCUT2D eigenvalue weighted by atomic mass is 35.5. The van der Waals surface area contributed by atoms with Crippen LogP contribution in [-0.2, 0) is 12.3 Å². The van der Waals surface area contributed by atoms with E-state index in [-0.39, 0.29) is 5.82 Å². The van der Waals surface area contributed by atoms with Gasteiger partial charge in [-0.05, 0) is 31.0 Å². The highest BCUT2D eigenvalue weighted by molar-refractivity contribution is 6.17. The Morgan fingerprint density at radius 1 is 1.33 bits per heavy atom. The second-order valence-corrected chi connectivity index (χ2v) is 4.38. The van der Waals surface area contributed by atoms with Crippen molar-refractivity contribution in [1.29, 1.82) is 0 Å². The number of hydrogen-bond donors (Lipinski definition) is 0.